The second-order valence-corrected chi connectivity index (χ2v) is 6.89. The molecule has 6 nitrogen and oxygen atoms in total. The number of hydrogen-bond donors (Lipinski definition) is 2. The van der Waals surface area contributed by atoms with E-state index in [0.717, 1.165) is 43.5 Å². The molecule has 0 unspecified atom stereocenters. The predicted molar refractivity (Wildman–Crippen MR) is 93.7 cm³/mol. The number of nitrogens with zero attached hydrogens (tertiary/aromatic N) is 4. The fourth-order valence-corrected chi connectivity index (χ4v) is 3.66. The van der Waals surface area contributed by atoms with Crippen LogP contribution in [0.1, 0.15) is 41.2 Å². The van der Waals surface area contributed by atoms with Gasteiger partial charge in [-0.2, -0.15) is 0 Å². The maximum atomic E-state index is 4.31. The van der Waals surface area contributed by atoms with Crippen LogP contribution in [0.25, 0.3) is 0 Å². The summed E-state index contributed by atoms with van der Waals surface area (Å²) < 4.78 is 2.23. The highest BCUT2D eigenvalue weighted by Gasteiger charge is 2.15. The minimum atomic E-state index is 0.650. The van der Waals surface area contributed by atoms with Crippen LogP contribution in [0.4, 0.5) is 0 Å². The molecule has 0 fully saturated rings. The molecule has 0 saturated carbocycles. The van der Waals surface area contributed by atoms with Gasteiger partial charge in [0.2, 0.25) is 0 Å². The second-order valence-electron chi connectivity index (χ2n) is 5.64. The number of thiophene rings is 1. The van der Waals surface area contributed by atoms with Gasteiger partial charge in [-0.15, -0.1) is 21.5 Å². The van der Waals surface area contributed by atoms with E-state index < -0.39 is 0 Å². The van der Waals surface area contributed by atoms with Gasteiger partial charge in [0.25, 0.3) is 0 Å². The third-order valence-electron chi connectivity index (χ3n) is 4.07. The molecule has 0 aromatic carbocycles. The Balaban J connectivity index is 1.52. The number of aryl methyl sites for hydroxylation is 2. The van der Waals surface area contributed by atoms with Crippen molar-refractivity contribution in [3.05, 3.63) is 33.5 Å². The van der Waals surface area contributed by atoms with Crippen LogP contribution in [0.5, 0.6) is 0 Å². The summed E-state index contributed by atoms with van der Waals surface area (Å²) in [6.07, 6.45) is 4.56. The summed E-state index contributed by atoms with van der Waals surface area (Å²) in [5.74, 6) is 2.90. The molecule has 0 amide bonds. The summed E-state index contributed by atoms with van der Waals surface area (Å²) in [6, 6.07) is 4.37. The number of hydrogen-bond acceptors (Lipinski definition) is 4. The van der Waals surface area contributed by atoms with E-state index in [1.165, 1.54) is 22.6 Å². The Labute approximate surface area is 141 Å². The third-order valence-corrected chi connectivity index (χ3v) is 5.30. The number of nitrogens with one attached hydrogen (secondary N) is 2. The molecule has 7 heteroatoms. The molecule has 0 aliphatic carbocycles. The van der Waals surface area contributed by atoms with Crippen LogP contribution in [-0.2, 0) is 32.5 Å². The summed E-state index contributed by atoms with van der Waals surface area (Å²) in [7, 11) is 1.79. The molecule has 124 valence electrons. The fraction of sp³-hybridized carbons (Fsp3) is 0.562. The summed E-state index contributed by atoms with van der Waals surface area (Å²) in [5, 5.41) is 15.3. The van der Waals surface area contributed by atoms with E-state index >= 15 is 0 Å². The zero-order valence-electron chi connectivity index (χ0n) is 13.8. The van der Waals surface area contributed by atoms with Gasteiger partial charge in [-0.25, -0.2) is 0 Å². The highest BCUT2D eigenvalue weighted by molar-refractivity contribution is 7.11. The maximum Gasteiger partial charge on any atom is 0.191 e. The van der Waals surface area contributed by atoms with Crippen LogP contribution in [-0.4, -0.2) is 27.8 Å². The number of fused-ring (bicyclic) bond motifs is 1. The van der Waals surface area contributed by atoms with Crippen LogP contribution < -0.4 is 10.6 Å². The molecule has 3 heterocycles. The number of guanidine groups is 1. The molecule has 0 atom stereocenters. The second kappa shape index (κ2) is 7.59. The van der Waals surface area contributed by atoms with Crippen molar-refractivity contribution in [1.82, 2.24) is 25.4 Å². The van der Waals surface area contributed by atoms with Crippen molar-refractivity contribution >= 4 is 17.3 Å². The molecule has 2 N–H and O–H groups in total. The fourth-order valence-electron chi connectivity index (χ4n) is 2.76. The van der Waals surface area contributed by atoms with E-state index in [4.69, 9.17) is 0 Å². The molecule has 0 bridgehead atoms. The average molecular weight is 332 g/mol. The Morgan fingerprint density at radius 2 is 2.04 bits per heavy atom. The van der Waals surface area contributed by atoms with Gasteiger partial charge in [0, 0.05) is 29.8 Å². The SMILES string of the molecule is CCc1ccc(CNC(=NC)NCc2nnc3n2CCCC3)s1. The molecule has 3 rings (SSSR count). The van der Waals surface area contributed by atoms with Crippen LogP contribution >= 0.6 is 11.3 Å². The average Bonchev–Trinajstić information content (AvgIpc) is 3.22. The standard InChI is InChI=1S/C16H24N6S/c1-3-12-7-8-13(23-12)10-18-16(17-2)19-11-15-21-20-14-6-4-5-9-22(14)15/h7-8H,3-6,9-11H2,1-2H3,(H2,17,18,19). The van der Waals surface area contributed by atoms with E-state index in [1.54, 1.807) is 7.05 Å². The van der Waals surface area contributed by atoms with Gasteiger partial charge in [0.15, 0.2) is 11.8 Å². The first-order chi connectivity index (χ1) is 11.3. The molecule has 1 aliphatic rings. The highest BCUT2D eigenvalue weighted by Crippen LogP contribution is 2.16. The number of aliphatic imine (C=N–C) groups is 1. The monoisotopic (exact) mass is 332 g/mol. The molecule has 1 aliphatic heterocycles. The third kappa shape index (κ3) is 3.90. The predicted octanol–water partition coefficient (Wildman–Crippen LogP) is 2.10. The highest BCUT2D eigenvalue weighted by atomic mass is 32.1. The number of aromatic nitrogens is 3. The van der Waals surface area contributed by atoms with Gasteiger partial charge < -0.3 is 15.2 Å². The van der Waals surface area contributed by atoms with Crippen molar-refractivity contribution in [3.8, 4) is 0 Å². The normalized spacial score (nSPS) is 14.6. The quantitative estimate of drug-likeness (QED) is 0.650. The molecule has 2 aromatic rings. The summed E-state index contributed by atoms with van der Waals surface area (Å²) >= 11 is 1.85. The van der Waals surface area contributed by atoms with Crippen molar-refractivity contribution in [2.24, 2.45) is 4.99 Å². The summed E-state index contributed by atoms with van der Waals surface area (Å²) in [4.78, 5) is 7.02. The van der Waals surface area contributed by atoms with Crippen molar-refractivity contribution in [3.63, 3.8) is 0 Å². The molecule has 0 radical (unpaired) electrons. The van der Waals surface area contributed by atoms with Gasteiger partial charge in [-0.1, -0.05) is 6.92 Å². The van der Waals surface area contributed by atoms with Crippen LogP contribution in [0.2, 0.25) is 0 Å². The molecular formula is C16H24N6S. The Bertz CT molecular complexity index is 672. The maximum absolute atomic E-state index is 4.31. The van der Waals surface area contributed by atoms with Gasteiger partial charge in [0.1, 0.15) is 5.82 Å². The van der Waals surface area contributed by atoms with Crippen molar-refractivity contribution in [2.75, 3.05) is 7.05 Å². The first-order valence-electron chi connectivity index (χ1n) is 8.23. The van der Waals surface area contributed by atoms with Gasteiger partial charge >= 0.3 is 0 Å². The Kier molecular flexibility index (Phi) is 5.27. The van der Waals surface area contributed by atoms with E-state index in [9.17, 15) is 0 Å². The Hall–Kier alpha value is -1.89. The Morgan fingerprint density at radius 3 is 2.83 bits per heavy atom. The Morgan fingerprint density at radius 1 is 1.22 bits per heavy atom. The molecule has 23 heavy (non-hydrogen) atoms. The van der Waals surface area contributed by atoms with Gasteiger partial charge in [0.05, 0.1) is 13.1 Å². The lowest BCUT2D eigenvalue weighted by atomic mass is 10.2. The molecule has 0 spiro atoms. The zero-order chi connectivity index (χ0) is 16.1. The summed E-state index contributed by atoms with van der Waals surface area (Å²) in [5.41, 5.74) is 0. The molecular weight excluding hydrogens is 308 g/mol. The van der Waals surface area contributed by atoms with E-state index in [-0.39, 0.29) is 0 Å². The first kappa shape index (κ1) is 16.0. The summed E-state index contributed by atoms with van der Waals surface area (Å²) in [6.45, 7) is 4.66. The zero-order valence-corrected chi connectivity index (χ0v) is 14.6. The van der Waals surface area contributed by atoms with E-state index in [0.29, 0.717) is 6.54 Å². The first-order valence-corrected chi connectivity index (χ1v) is 9.05. The lowest BCUT2D eigenvalue weighted by molar-refractivity contribution is 0.504. The lowest BCUT2D eigenvalue weighted by Gasteiger charge is -2.16. The minimum absolute atomic E-state index is 0.650. The van der Waals surface area contributed by atoms with Crippen molar-refractivity contribution in [1.29, 1.82) is 0 Å². The molecule has 0 saturated heterocycles. The topological polar surface area (TPSA) is 67.1 Å². The largest absolute Gasteiger partial charge is 0.352 e. The van der Waals surface area contributed by atoms with Crippen LogP contribution in [0, 0.1) is 0 Å². The van der Waals surface area contributed by atoms with Crippen molar-refractivity contribution in [2.45, 2.75) is 52.2 Å². The molecule has 2 aromatic heterocycles. The van der Waals surface area contributed by atoms with Gasteiger partial charge in [-0.05, 0) is 31.4 Å². The van der Waals surface area contributed by atoms with Gasteiger partial charge in [-0.3, -0.25) is 4.99 Å². The lowest BCUT2D eigenvalue weighted by Crippen LogP contribution is -2.37. The van der Waals surface area contributed by atoms with Crippen LogP contribution in [0.15, 0.2) is 17.1 Å². The smallest absolute Gasteiger partial charge is 0.191 e. The van der Waals surface area contributed by atoms with E-state index in [1.807, 2.05) is 11.3 Å². The van der Waals surface area contributed by atoms with Crippen LogP contribution in [0.3, 0.4) is 0 Å². The number of rotatable bonds is 5. The minimum Gasteiger partial charge on any atom is -0.352 e. The van der Waals surface area contributed by atoms with Crippen molar-refractivity contribution < 1.29 is 0 Å². The van der Waals surface area contributed by atoms with E-state index in [2.05, 4.69) is 49.4 Å².